The highest BCUT2D eigenvalue weighted by atomic mass is 16.5. The van der Waals surface area contributed by atoms with Crippen molar-refractivity contribution in [1.29, 1.82) is 0 Å². The Morgan fingerprint density at radius 2 is 1.70 bits per heavy atom. The molecule has 2 aromatic rings. The summed E-state index contributed by atoms with van der Waals surface area (Å²) in [5.74, 6) is 2.36. The van der Waals surface area contributed by atoms with Gasteiger partial charge in [0.1, 0.15) is 5.75 Å². The lowest BCUT2D eigenvalue weighted by molar-refractivity contribution is -0.129. The molecule has 1 N–H and O–H groups in total. The smallest absolute Gasteiger partial charge is 0.254 e. The molecule has 1 fully saturated rings. The molecule has 1 saturated heterocycles. The van der Waals surface area contributed by atoms with Crippen LogP contribution in [0.25, 0.3) is 0 Å². The Hall–Kier alpha value is -3.30. The van der Waals surface area contributed by atoms with Crippen LogP contribution in [0, 0.1) is 11.8 Å². The first kappa shape index (κ1) is 31.2. The summed E-state index contributed by atoms with van der Waals surface area (Å²) in [5, 5.41) is 3.47. The topological polar surface area (TPSA) is 89.6 Å². The normalized spacial score (nSPS) is 16.6. The number of amides is 2. The number of carbonyl (C=O) groups excluding carboxylic acids is 2. The van der Waals surface area contributed by atoms with Crippen LogP contribution >= 0.6 is 0 Å². The van der Waals surface area contributed by atoms with E-state index < -0.39 is 0 Å². The minimum absolute atomic E-state index is 0.00865. The van der Waals surface area contributed by atoms with Gasteiger partial charge in [0.15, 0.2) is 11.5 Å². The highest BCUT2D eigenvalue weighted by Crippen LogP contribution is 2.30. The van der Waals surface area contributed by atoms with Gasteiger partial charge in [-0.15, -0.1) is 0 Å². The summed E-state index contributed by atoms with van der Waals surface area (Å²) in [4.78, 5) is 30.4. The lowest BCUT2D eigenvalue weighted by atomic mass is 9.94. The second kappa shape index (κ2) is 15.5. The molecule has 220 valence electrons. The van der Waals surface area contributed by atoms with Crippen LogP contribution in [0.4, 0.5) is 0 Å². The van der Waals surface area contributed by atoms with E-state index in [1.54, 1.807) is 39.5 Å². The van der Waals surface area contributed by atoms with Gasteiger partial charge in [-0.2, -0.15) is 0 Å². The van der Waals surface area contributed by atoms with Crippen LogP contribution in [0.3, 0.4) is 0 Å². The maximum atomic E-state index is 13.7. The summed E-state index contributed by atoms with van der Waals surface area (Å²) < 4.78 is 21.7. The Kier molecular flexibility index (Phi) is 12.1. The molecule has 0 radical (unpaired) electrons. The molecule has 0 aromatic heterocycles. The molecule has 2 aromatic carbocycles. The fourth-order valence-electron chi connectivity index (χ4n) is 5.01. The largest absolute Gasteiger partial charge is 0.497 e. The Morgan fingerprint density at radius 1 is 0.950 bits per heavy atom. The Bertz CT molecular complexity index is 1110. The van der Waals surface area contributed by atoms with E-state index in [1.807, 2.05) is 55.0 Å². The summed E-state index contributed by atoms with van der Waals surface area (Å²) in [6.07, 6.45) is 1.06. The zero-order valence-corrected chi connectivity index (χ0v) is 24.8. The first-order valence-corrected chi connectivity index (χ1v) is 14.0. The fraction of sp³-hybridized carbons (Fsp3) is 0.548. The third-order valence-corrected chi connectivity index (χ3v) is 7.38. The van der Waals surface area contributed by atoms with E-state index >= 15 is 0 Å². The maximum absolute atomic E-state index is 13.7. The fourth-order valence-corrected chi connectivity index (χ4v) is 5.01. The molecule has 1 heterocycles. The molecule has 1 aliphatic rings. The molecular formula is C31H45N3O6. The molecular weight excluding hydrogens is 510 g/mol. The Balaban J connectivity index is 1.65. The van der Waals surface area contributed by atoms with Crippen molar-refractivity contribution in [2.75, 3.05) is 67.8 Å². The third kappa shape index (κ3) is 8.60. The van der Waals surface area contributed by atoms with Gasteiger partial charge < -0.3 is 34.1 Å². The number of hydrogen-bond donors (Lipinski definition) is 1. The molecule has 0 bridgehead atoms. The quantitative estimate of drug-likeness (QED) is 0.337. The highest BCUT2D eigenvalue weighted by Gasteiger charge is 2.33. The summed E-state index contributed by atoms with van der Waals surface area (Å²) in [7, 11) is 6.72. The molecule has 9 heteroatoms. The molecule has 2 atom stereocenters. The standard InChI is InChI=1S/C31H45N3O6/c1-22(2)34(31(36)24-11-12-28(39-6)29(17-24)40-14-8-13-37-4)21-26-19-32-18-25(26)20-33(3)30(35)16-23-9-7-10-27(15-23)38-5/h7,9-12,15,17,22,25-26,32H,8,13-14,16,18-21H2,1-6H3/t25-,26+/m1/s1. The van der Waals surface area contributed by atoms with Crippen molar-refractivity contribution in [2.45, 2.75) is 32.7 Å². The van der Waals surface area contributed by atoms with Crippen molar-refractivity contribution in [3.63, 3.8) is 0 Å². The molecule has 0 spiro atoms. The monoisotopic (exact) mass is 555 g/mol. The number of nitrogens with one attached hydrogen (secondary N) is 1. The molecule has 1 aliphatic heterocycles. The summed E-state index contributed by atoms with van der Waals surface area (Å²) in [6, 6.07) is 12.9. The number of benzene rings is 2. The van der Waals surface area contributed by atoms with Gasteiger partial charge in [-0.1, -0.05) is 12.1 Å². The highest BCUT2D eigenvalue weighted by molar-refractivity contribution is 5.95. The van der Waals surface area contributed by atoms with E-state index in [0.29, 0.717) is 49.8 Å². The van der Waals surface area contributed by atoms with Crippen LogP contribution in [0.15, 0.2) is 42.5 Å². The van der Waals surface area contributed by atoms with Crippen LogP contribution in [0.1, 0.15) is 36.2 Å². The number of nitrogens with zero attached hydrogens (tertiary/aromatic N) is 2. The van der Waals surface area contributed by atoms with E-state index in [2.05, 4.69) is 5.32 Å². The zero-order chi connectivity index (χ0) is 29.1. The van der Waals surface area contributed by atoms with Gasteiger partial charge >= 0.3 is 0 Å². The SMILES string of the molecule is COCCCOc1cc(C(=O)N(C[C@@H]2CNC[C@@H]2CN(C)C(=O)Cc2cccc(OC)c2)C(C)C)ccc1OC. The van der Waals surface area contributed by atoms with Crippen molar-refractivity contribution in [1.82, 2.24) is 15.1 Å². The summed E-state index contributed by atoms with van der Waals surface area (Å²) in [5.41, 5.74) is 1.49. The molecule has 0 unspecified atom stereocenters. The number of hydrogen-bond acceptors (Lipinski definition) is 7. The molecule has 9 nitrogen and oxygen atoms in total. The summed E-state index contributed by atoms with van der Waals surface area (Å²) in [6.45, 7) is 7.97. The van der Waals surface area contributed by atoms with Crippen LogP contribution in [-0.4, -0.2) is 95.4 Å². The third-order valence-electron chi connectivity index (χ3n) is 7.38. The Labute approximate surface area is 238 Å². The van der Waals surface area contributed by atoms with E-state index in [1.165, 1.54) is 0 Å². The van der Waals surface area contributed by atoms with Gasteiger partial charge in [0, 0.05) is 65.0 Å². The number of rotatable bonds is 15. The van der Waals surface area contributed by atoms with Gasteiger partial charge in [-0.25, -0.2) is 0 Å². The van der Waals surface area contributed by atoms with Gasteiger partial charge in [0.25, 0.3) is 5.91 Å². The first-order chi connectivity index (χ1) is 19.3. The second-order valence-corrected chi connectivity index (χ2v) is 10.6. The lowest BCUT2D eigenvalue weighted by Crippen LogP contribution is -2.44. The van der Waals surface area contributed by atoms with E-state index in [4.69, 9.17) is 18.9 Å². The number of likely N-dealkylation sites (N-methyl/N-ethyl adjacent to an activating group) is 1. The van der Waals surface area contributed by atoms with Gasteiger partial charge in [0.2, 0.25) is 5.91 Å². The Morgan fingerprint density at radius 3 is 2.38 bits per heavy atom. The average Bonchev–Trinajstić information content (AvgIpc) is 3.39. The van der Waals surface area contributed by atoms with Crippen LogP contribution in [-0.2, 0) is 16.0 Å². The van der Waals surface area contributed by atoms with Crippen molar-refractivity contribution in [3.8, 4) is 17.2 Å². The zero-order valence-electron chi connectivity index (χ0n) is 24.8. The molecule has 0 aliphatic carbocycles. The van der Waals surface area contributed by atoms with Gasteiger partial charge in [-0.3, -0.25) is 9.59 Å². The molecule has 3 rings (SSSR count). The predicted octanol–water partition coefficient (Wildman–Crippen LogP) is 3.51. The second-order valence-electron chi connectivity index (χ2n) is 10.6. The summed E-state index contributed by atoms with van der Waals surface area (Å²) >= 11 is 0. The van der Waals surface area contributed by atoms with E-state index in [9.17, 15) is 9.59 Å². The predicted molar refractivity (Wildman–Crippen MR) is 155 cm³/mol. The number of ether oxygens (including phenoxy) is 4. The van der Waals surface area contributed by atoms with Crippen LogP contribution < -0.4 is 19.5 Å². The van der Waals surface area contributed by atoms with E-state index in [0.717, 1.165) is 30.8 Å². The van der Waals surface area contributed by atoms with Crippen molar-refractivity contribution >= 4 is 11.8 Å². The molecule has 40 heavy (non-hydrogen) atoms. The van der Waals surface area contributed by atoms with Crippen LogP contribution in [0.5, 0.6) is 17.2 Å². The van der Waals surface area contributed by atoms with Crippen molar-refractivity contribution in [3.05, 3.63) is 53.6 Å². The minimum Gasteiger partial charge on any atom is -0.497 e. The van der Waals surface area contributed by atoms with Gasteiger partial charge in [0.05, 0.1) is 27.2 Å². The van der Waals surface area contributed by atoms with Gasteiger partial charge in [-0.05, 0) is 61.6 Å². The van der Waals surface area contributed by atoms with Crippen molar-refractivity contribution in [2.24, 2.45) is 11.8 Å². The minimum atomic E-state index is -0.0486. The first-order valence-electron chi connectivity index (χ1n) is 14.0. The lowest BCUT2D eigenvalue weighted by Gasteiger charge is -2.33. The van der Waals surface area contributed by atoms with E-state index in [-0.39, 0.29) is 29.7 Å². The van der Waals surface area contributed by atoms with Crippen LogP contribution in [0.2, 0.25) is 0 Å². The maximum Gasteiger partial charge on any atom is 0.254 e. The van der Waals surface area contributed by atoms with Crippen molar-refractivity contribution < 1.29 is 28.5 Å². The number of methoxy groups -OCH3 is 3. The molecule has 0 saturated carbocycles. The number of carbonyl (C=O) groups is 2. The molecule has 2 amide bonds. The average molecular weight is 556 g/mol.